The van der Waals surface area contributed by atoms with Gasteiger partial charge < -0.3 is 4.90 Å². The highest BCUT2D eigenvalue weighted by atomic mass is 32.2. The minimum atomic E-state index is -3.49. The second-order valence-corrected chi connectivity index (χ2v) is 8.32. The lowest BCUT2D eigenvalue weighted by atomic mass is 10.1. The first-order chi connectivity index (χ1) is 13.0. The molecule has 0 radical (unpaired) electrons. The van der Waals surface area contributed by atoms with E-state index in [0.29, 0.717) is 31.7 Å². The molecular formula is C21H24N2O3S. The van der Waals surface area contributed by atoms with Gasteiger partial charge in [0.1, 0.15) is 0 Å². The minimum Gasteiger partial charge on any atom is -0.336 e. The van der Waals surface area contributed by atoms with Crippen molar-refractivity contribution in [3.8, 4) is 0 Å². The summed E-state index contributed by atoms with van der Waals surface area (Å²) in [5.74, 6) is -0.0467. The van der Waals surface area contributed by atoms with Crippen LogP contribution in [0.3, 0.4) is 0 Å². The maximum Gasteiger partial charge on any atom is 0.253 e. The molecule has 1 amide bonds. The van der Waals surface area contributed by atoms with E-state index in [9.17, 15) is 13.2 Å². The maximum absolute atomic E-state index is 12.6. The zero-order chi connectivity index (χ0) is 19.3. The molecule has 1 heterocycles. The minimum absolute atomic E-state index is 0.0467. The fourth-order valence-corrected chi connectivity index (χ4v) is 4.20. The van der Waals surface area contributed by atoms with E-state index in [1.165, 1.54) is 15.3 Å². The fraction of sp³-hybridized carbons (Fsp3) is 0.286. The van der Waals surface area contributed by atoms with E-state index < -0.39 is 10.0 Å². The lowest BCUT2D eigenvalue weighted by molar-refractivity contribution is 0.0698. The van der Waals surface area contributed by atoms with Crippen LogP contribution in [0.4, 0.5) is 0 Å². The number of amides is 1. The molecule has 1 aliphatic rings. The van der Waals surface area contributed by atoms with Gasteiger partial charge in [-0.25, -0.2) is 8.42 Å². The van der Waals surface area contributed by atoms with E-state index in [0.717, 1.165) is 12.0 Å². The van der Waals surface area contributed by atoms with Crippen LogP contribution in [0.2, 0.25) is 0 Å². The Labute approximate surface area is 161 Å². The Morgan fingerprint density at radius 3 is 2.19 bits per heavy atom. The van der Waals surface area contributed by atoms with Gasteiger partial charge in [-0.3, -0.25) is 4.79 Å². The molecular weight excluding hydrogens is 360 g/mol. The van der Waals surface area contributed by atoms with E-state index in [1.807, 2.05) is 54.6 Å². The molecule has 0 unspecified atom stereocenters. The number of benzene rings is 2. The second-order valence-electron chi connectivity index (χ2n) is 6.50. The summed E-state index contributed by atoms with van der Waals surface area (Å²) in [6, 6.07) is 16.9. The molecule has 0 aromatic heterocycles. The fourth-order valence-electron chi connectivity index (χ4n) is 3.03. The monoisotopic (exact) mass is 384 g/mol. The van der Waals surface area contributed by atoms with Crippen molar-refractivity contribution in [3.63, 3.8) is 0 Å². The molecule has 5 nitrogen and oxygen atoms in total. The van der Waals surface area contributed by atoms with Crippen molar-refractivity contribution in [3.05, 3.63) is 76.7 Å². The average Bonchev–Trinajstić information content (AvgIpc) is 2.73. The van der Waals surface area contributed by atoms with Gasteiger partial charge in [-0.2, -0.15) is 4.31 Å². The van der Waals surface area contributed by atoms with Gasteiger partial charge in [0.25, 0.3) is 5.91 Å². The second kappa shape index (κ2) is 8.50. The van der Waals surface area contributed by atoms with Gasteiger partial charge in [-0.05, 0) is 35.8 Å². The van der Waals surface area contributed by atoms with Crippen molar-refractivity contribution in [2.75, 3.05) is 26.2 Å². The molecule has 3 rings (SSSR count). The molecule has 0 N–H and O–H groups in total. The number of carbonyl (C=O) groups excluding carboxylic acids is 1. The van der Waals surface area contributed by atoms with Crippen molar-refractivity contribution in [2.45, 2.75) is 13.3 Å². The highest BCUT2D eigenvalue weighted by Crippen LogP contribution is 2.14. The van der Waals surface area contributed by atoms with E-state index in [4.69, 9.17) is 0 Å². The summed E-state index contributed by atoms with van der Waals surface area (Å²) < 4.78 is 26.5. The molecule has 1 aliphatic heterocycles. The Morgan fingerprint density at radius 1 is 0.963 bits per heavy atom. The van der Waals surface area contributed by atoms with Gasteiger partial charge in [0.2, 0.25) is 10.0 Å². The van der Waals surface area contributed by atoms with Gasteiger partial charge in [0, 0.05) is 37.2 Å². The third kappa shape index (κ3) is 4.84. The molecule has 0 aliphatic carbocycles. The van der Waals surface area contributed by atoms with E-state index in [-0.39, 0.29) is 5.91 Å². The van der Waals surface area contributed by atoms with Crippen LogP contribution in [-0.2, 0) is 16.4 Å². The van der Waals surface area contributed by atoms with Crippen LogP contribution < -0.4 is 0 Å². The van der Waals surface area contributed by atoms with Gasteiger partial charge in [0.15, 0.2) is 0 Å². The molecule has 27 heavy (non-hydrogen) atoms. The van der Waals surface area contributed by atoms with Gasteiger partial charge >= 0.3 is 0 Å². The van der Waals surface area contributed by atoms with Crippen LogP contribution in [0.25, 0.3) is 6.08 Å². The van der Waals surface area contributed by atoms with Gasteiger partial charge in [-0.15, -0.1) is 0 Å². The predicted octanol–water partition coefficient (Wildman–Crippen LogP) is 3.01. The Balaban J connectivity index is 1.60. The zero-order valence-corrected chi connectivity index (χ0v) is 16.2. The summed E-state index contributed by atoms with van der Waals surface area (Å²) in [6.07, 6.45) is 2.53. The van der Waals surface area contributed by atoms with Gasteiger partial charge in [0.05, 0.1) is 0 Å². The van der Waals surface area contributed by atoms with Crippen molar-refractivity contribution in [2.24, 2.45) is 0 Å². The third-order valence-electron chi connectivity index (χ3n) is 4.73. The van der Waals surface area contributed by atoms with E-state index >= 15 is 0 Å². The molecule has 1 saturated heterocycles. The molecule has 0 spiro atoms. The molecule has 6 heteroatoms. The Hall–Kier alpha value is -2.44. The first kappa shape index (κ1) is 19.3. The standard InChI is InChI=1S/C21H24N2O3S/c1-2-18-8-10-20(11-9-18)21(24)22-13-15-23(16-14-22)27(25,26)17-12-19-6-4-3-5-7-19/h3-12,17H,2,13-16H2,1H3/b17-12-. The Morgan fingerprint density at radius 2 is 1.59 bits per heavy atom. The summed E-state index contributed by atoms with van der Waals surface area (Å²) >= 11 is 0. The number of hydrogen-bond donors (Lipinski definition) is 0. The SMILES string of the molecule is CCc1ccc(C(=O)N2CCN(S(=O)(=O)/C=C\c3ccccc3)CC2)cc1. The number of aryl methyl sites for hydroxylation is 1. The van der Waals surface area contributed by atoms with E-state index in [2.05, 4.69) is 6.92 Å². The molecule has 0 bridgehead atoms. The first-order valence-corrected chi connectivity index (χ1v) is 10.6. The summed E-state index contributed by atoms with van der Waals surface area (Å²) in [6.45, 7) is 3.47. The van der Waals surface area contributed by atoms with Crippen LogP contribution in [0.15, 0.2) is 60.0 Å². The predicted molar refractivity (Wildman–Crippen MR) is 108 cm³/mol. The molecule has 0 saturated carbocycles. The Kier molecular flexibility index (Phi) is 6.08. The van der Waals surface area contributed by atoms with Crippen molar-refractivity contribution in [1.29, 1.82) is 0 Å². The number of piperazine rings is 1. The van der Waals surface area contributed by atoms with Crippen LogP contribution in [-0.4, -0.2) is 49.7 Å². The number of hydrogen-bond acceptors (Lipinski definition) is 3. The molecule has 2 aromatic rings. The lowest BCUT2D eigenvalue weighted by Crippen LogP contribution is -2.50. The lowest BCUT2D eigenvalue weighted by Gasteiger charge is -2.33. The number of rotatable bonds is 5. The van der Waals surface area contributed by atoms with Crippen molar-refractivity contribution in [1.82, 2.24) is 9.21 Å². The van der Waals surface area contributed by atoms with Gasteiger partial charge in [-0.1, -0.05) is 49.4 Å². The summed E-state index contributed by atoms with van der Waals surface area (Å²) in [7, 11) is -3.49. The zero-order valence-electron chi connectivity index (χ0n) is 15.4. The largest absolute Gasteiger partial charge is 0.336 e. The normalized spacial score (nSPS) is 16.0. The first-order valence-electron chi connectivity index (χ1n) is 9.11. The summed E-state index contributed by atoms with van der Waals surface area (Å²) in [5.41, 5.74) is 2.67. The van der Waals surface area contributed by atoms with Crippen LogP contribution in [0.1, 0.15) is 28.4 Å². The summed E-state index contributed by atoms with van der Waals surface area (Å²) in [5, 5.41) is 1.24. The highest BCUT2D eigenvalue weighted by Gasteiger charge is 2.27. The highest BCUT2D eigenvalue weighted by molar-refractivity contribution is 7.92. The smallest absolute Gasteiger partial charge is 0.253 e. The summed E-state index contributed by atoms with van der Waals surface area (Å²) in [4.78, 5) is 14.3. The van der Waals surface area contributed by atoms with Crippen LogP contribution in [0.5, 0.6) is 0 Å². The molecule has 2 aromatic carbocycles. The van der Waals surface area contributed by atoms with E-state index in [1.54, 1.807) is 11.0 Å². The van der Waals surface area contributed by atoms with Crippen molar-refractivity contribution < 1.29 is 13.2 Å². The third-order valence-corrected chi connectivity index (χ3v) is 6.29. The van der Waals surface area contributed by atoms with Crippen molar-refractivity contribution >= 4 is 22.0 Å². The van der Waals surface area contributed by atoms with Crippen LogP contribution >= 0.6 is 0 Å². The van der Waals surface area contributed by atoms with Crippen LogP contribution in [0, 0.1) is 0 Å². The molecule has 0 atom stereocenters. The number of sulfonamides is 1. The quantitative estimate of drug-likeness (QED) is 0.796. The molecule has 142 valence electrons. The molecule has 1 fully saturated rings. The maximum atomic E-state index is 12.6. The average molecular weight is 385 g/mol. The Bertz CT molecular complexity index is 898. The topological polar surface area (TPSA) is 57.7 Å². The number of nitrogens with zero attached hydrogens (tertiary/aromatic N) is 2. The number of carbonyl (C=O) groups is 1.